The number of nitrogens with one attached hydrogen (secondary N) is 1. The minimum Gasteiger partial charge on any atom is -0.359 e. The number of carbonyl (C=O) groups is 1. The number of hydrogen-bond acceptors (Lipinski definition) is 4. The first-order valence-corrected chi connectivity index (χ1v) is 7.25. The summed E-state index contributed by atoms with van der Waals surface area (Å²) in [5, 5.41) is 2.75. The lowest BCUT2D eigenvalue weighted by molar-refractivity contribution is -0.126. The van der Waals surface area contributed by atoms with Gasteiger partial charge in [0.2, 0.25) is 5.91 Å². The third-order valence-electron chi connectivity index (χ3n) is 3.95. The number of aromatic nitrogens is 1. The van der Waals surface area contributed by atoms with Crippen molar-refractivity contribution in [3.05, 3.63) is 30.1 Å². The first kappa shape index (κ1) is 14.9. The van der Waals surface area contributed by atoms with E-state index >= 15 is 0 Å². The quantitative estimate of drug-likeness (QED) is 0.858. The number of pyridine rings is 1. The van der Waals surface area contributed by atoms with Gasteiger partial charge in [-0.3, -0.25) is 14.7 Å². The van der Waals surface area contributed by atoms with Crippen LogP contribution in [0.2, 0.25) is 0 Å². The Morgan fingerprint density at radius 2 is 2.35 bits per heavy atom. The number of nitrogens with two attached hydrogens (primary N) is 1. The second-order valence-corrected chi connectivity index (χ2v) is 5.51. The molecule has 1 aliphatic rings. The molecule has 0 aliphatic carbocycles. The van der Waals surface area contributed by atoms with Gasteiger partial charge >= 0.3 is 0 Å². The van der Waals surface area contributed by atoms with Crippen LogP contribution in [0.25, 0.3) is 0 Å². The number of amides is 1. The van der Waals surface area contributed by atoms with Gasteiger partial charge in [-0.15, -0.1) is 0 Å². The third-order valence-corrected chi connectivity index (χ3v) is 3.95. The van der Waals surface area contributed by atoms with Crippen LogP contribution >= 0.6 is 0 Å². The smallest absolute Gasteiger partial charge is 0.224 e. The summed E-state index contributed by atoms with van der Waals surface area (Å²) in [5.74, 6) is 0.179. The Hall–Kier alpha value is -1.46. The van der Waals surface area contributed by atoms with Gasteiger partial charge in [-0.1, -0.05) is 6.07 Å². The van der Waals surface area contributed by atoms with Gasteiger partial charge < -0.3 is 11.1 Å². The predicted molar refractivity (Wildman–Crippen MR) is 79.0 cm³/mol. The Kier molecular flexibility index (Phi) is 5.09. The van der Waals surface area contributed by atoms with Gasteiger partial charge in [0.15, 0.2) is 0 Å². The number of piperidine rings is 1. The van der Waals surface area contributed by atoms with Crippen LogP contribution in [0.1, 0.15) is 31.5 Å². The largest absolute Gasteiger partial charge is 0.359 e. The third kappa shape index (κ3) is 3.35. The number of likely N-dealkylation sites (tertiary alicyclic amines) is 1. The van der Waals surface area contributed by atoms with Crippen LogP contribution in [0.15, 0.2) is 24.4 Å². The molecular weight excluding hydrogens is 252 g/mol. The molecule has 5 nitrogen and oxygen atoms in total. The molecule has 1 saturated heterocycles. The van der Waals surface area contributed by atoms with Gasteiger partial charge in [0.1, 0.15) is 0 Å². The first-order chi connectivity index (χ1) is 9.63. The first-order valence-electron chi connectivity index (χ1n) is 7.25. The van der Waals surface area contributed by atoms with Gasteiger partial charge in [0, 0.05) is 25.8 Å². The molecule has 1 amide bonds. The van der Waals surface area contributed by atoms with Crippen molar-refractivity contribution in [3.8, 4) is 0 Å². The lowest BCUT2D eigenvalue weighted by Crippen LogP contribution is -2.48. The van der Waals surface area contributed by atoms with Gasteiger partial charge in [0.05, 0.1) is 17.7 Å². The van der Waals surface area contributed by atoms with E-state index < -0.39 is 0 Å². The molecule has 20 heavy (non-hydrogen) atoms. The van der Waals surface area contributed by atoms with Crippen molar-refractivity contribution in [1.82, 2.24) is 15.2 Å². The summed E-state index contributed by atoms with van der Waals surface area (Å²) in [7, 11) is 1.70. The van der Waals surface area contributed by atoms with E-state index in [-0.39, 0.29) is 23.9 Å². The van der Waals surface area contributed by atoms with Gasteiger partial charge in [-0.25, -0.2) is 0 Å². The monoisotopic (exact) mass is 276 g/mol. The van der Waals surface area contributed by atoms with Crippen molar-refractivity contribution in [3.63, 3.8) is 0 Å². The molecule has 1 aromatic heterocycles. The van der Waals surface area contributed by atoms with Gasteiger partial charge in [-0.2, -0.15) is 0 Å². The average Bonchev–Trinajstić information content (AvgIpc) is 2.47. The molecular formula is C15H24N4O. The summed E-state index contributed by atoms with van der Waals surface area (Å²) in [6, 6.07) is 5.96. The maximum absolute atomic E-state index is 11.9. The fraction of sp³-hybridized carbons (Fsp3) is 0.600. The van der Waals surface area contributed by atoms with Crippen LogP contribution in [0.4, 0.5) is 0 Å². The van der Waals surface area contributed by atoms with Crippen molar-refractivity contribution in [1.29, 1.82) is 0 Å². The molecule has 0 radical (unpaired) electrons. The summed E-state index contributed by atoms with van der Waals surface area (Å²) in [5.41, 5.74) is 7.16. The summed E-state index contributed by atoms with van der Waals surface area (Å²) in [6.45, 7) is 3.72. The normalized spacial score (nSPS) is 23.1. The number of carbonyl (C=O) groups excluding carboxylic acids is 1. The average molecular weight is 276 g/mol. The fourth-order valence-electron chi connectivity index (χ4n) is 3.02. The molecule has 1 aromatic rings. The molecule has 1 aliphatic heterocycles. The van der Waals surface area contributed by atoms with Crippen molar-refractivity contribution in [2.24, 2.45) is 11.7 Å². The molecule has 2 heterocycles. The topological polar surface area (TPSA) is 71.2 Å². The molecule has 0 saturated carbocycles. The summed E-state index contributed by atoms with van der Waals surface area (Å²) in [4.78, 5) is 18.6. The number of rotatable bonds is 4. The zero-order chi connectivity index (χ0) is 14.5. The van der Waals surface area contributed by atoms with Crippen LogP contribution < -0.4 is 11.1 Å². The molecule has 0 bridgehead atoms. The van der Waals surface area contributed by atoms with E-state index in [1.165, 1.54) is 0 Å². The number of nitrogens with zero attached hydrogens (tertiary/aromatic N) is 2. The molecule has 110 valence electrons. The standard InChI is InChI=1S/C15H24N4O/c1-11(16)14(13-7-3-4-8-18-13)19-9-5-6-12(10-19)15(20)17-2/h3-4,7-8,11-12,14H,5-6,9-10,16H2,1-2H3,(H,17,20). The lowest BCUT2D eigenvalue weighted by atomic mass is 9.93. The Bertz CT molecular complexity index is 435. The zero-order valence-corrected chi connectivity index (χ0v) is 12.2. The van der Waals surface area contributed by atoms with Crippen LogP contribution in [-0.2, 0) is 4.79 Å². The highest BCUT2D eigenvalue weighted by Crippen LogP contribution is 2.27. The van der Waals surface area contributed by atoms with Crippen LogP contribution in [0, 0.1) is 5.92 Å². The minimum atomic E-state index is -0.0201. The second kappa shape index (κ2) is 6.81. The van der Waals surface area contributed by atoms with Crippen LogP contribution in [0.3, 0.4) is 0 Å². The maximum Gasteiger partial charge on any atom is 0.224 e. The van der Waals surface area contributed by atoms with Crippen LogP contribution in [-0.4, -0.2) is 42.0 Å². The maximum atomic E-state index is 11.9. The predicted octanol–water partition coefficient (Wildman–Crippen LogP) is 0.928. The van der Waals surface area contributed by atoms with Crippen molar-refractivity contribution >= 4 is 5.91 Å². The molecule has 5 heteroatoms. The molecule has 2 rings (SSSR count). The summed E-state index contributed by atoms with van der Waals surface area (Å²) < 4.78 is 0. The van der Waals surface area contributed by atoms with Gasteiger partial charge in [-0.05, 0) is 38.4 Å². The van der Waals surface area contributed by atoms with E-state index in [1.807, 2.05) is 25.1 Å². The van der Waals surface area contributed by atoms with E-state index in [0.29, 0.717) is 0 Å². The molecule has 3 unspecified atom stereocenters. The zero-order valence-electron chi connectivity index (χ0n) is 12.2. The highest BCUT2D eigenvalue weighted by molar-refractivity contribution is 5.78. The van der Waals surface area contributed by atoms with Crippen molar-refractivity contribution in [2.75, 3.05) is 20.1 Å². The van der Waals surface area contributed by atoms with E-state index in [2.05, 4.69) is 15.2 Å². The Labute approximate surface area is 120 Å². The van der Waals surface area contributed by atoms with E-state index in [4.69, 9.17) is 5.73 Å². The second-order valence-electron chi connectivity index (χ2n) is 5.51. The lowest BCUT2D eigenvalue weighted by Gasteiger charge is -2.39. The van der Waals surface area contributed by atoms with Crippen LogP contribution in [0.5, 0.6) is 0 Å². The molecule has 3 atom stereocenters. The van der Waals surface area contributed by atoms with E-state index in [9.17, 15) is 4.79 Å². The molecule has 0 spiro atoms. The number of hydrogen-bond donors (Lipinski definition) is 2. The fourth-order valence-corrected chi connectivity index (χ4v) is 3.02. The van der Waals surface area contributed by atoms with Crippen molar-refractivity contribution < 1.29 is 4.79 Å². The molecule has 1 fully saturated rings. The van der Waals surface area contributed by atoms with E-state index in [0.717, 1.165) is 31.6 Å². The Morgan fingerprint density at radius 3 is 2.95 bits per heavy atom. The molecule has 3 N–H and O–H groups in total. The summed E-state index contributed by atoms with van der Waals surface area (Å²) >= 11 is 0. The highest BCUT2D eigenvalue weighted by atomic mass is 16.1. The molecule has 0 aromatic carbocycles. The highest BCUT2D eigenvalue weighted by Gasteiger charge is 2.32. The van der Waals surface area contributed by atoms with Gasteiger partial charge in [0.25, 0.3) is 0 Å². The minimum absolute atomic E-state index is 0.0201. The summed E-state index contributed by atoms with van der Waals surface area (Å²) in [6.07, 6.45) is 3.77. The van der Waals surface area contributed by atoms with E-state index in [1.54, 1.807) is 13.2 Å². The Morgan fingerprint density at radius 1 is 1.55 bits per heavy atom. The van der Waals surface area contributed by atoms with Crippen molar-refractivity contribution in [2.45, 2.75) is 31.8 Å². The SMILES string of the molecule is CNC(=O)C1CCCN(C(c2ccccn2)C(C)N)C1. The Balaban J connectivity index is 2.16.